The quantitative estimate of drug-likeness (QED) is 0.394. The van der Waals surface area contributed by atoms with Gasteiger partial charge in [-0.3, -0.25) is 0 Å². The van der Waals surface area contributed by atoms with E-state index in [9.17, 15) is 0 Å². The Balaban J connectivity index is 3.52. The summed E-state index contributed by atoms with van der Waals surface area (Å²) in [6.45, 7) is 4.22. The van der Waals surface area contributed by atoms with Crippen LogP contribution in [0.4, 0.5) is 0 Å². The molecule has 0 spiro atoms. The summed E-state index contributed by atoms with van der Waals surface area (Å²) < 4.78 is 6.06. The molecule has 0 aromatic heterocycles. The molecule has 44 valence electrons. The maximum absolute atomic E-state index is 8.01. The molecule has 0 bridgehead atoms. The maximum atomic E-state index is 8.01. The fraction of sp³-hybridized carbons (Fsp3) is 1.00. The second-order valence-corrected chi connectivity index (χ2v) is 10.7. The molecule has 0 radical (unpaired) electrons. The van der Waals surface area contributed by atoms with Crippen LogP contribution < -0.4 is 0 Å². The minimum absolute atomic E-state index is 1.16. The standard InChI is InChI=1S/2C2H5.In.N3/c2*1-2;;1-3-2/h2*1H2,2H3;;/q;;+1;-1. The van der Waals surface area contributed by atoms with E-state index in [1.165, 1.54) is 0 Å². The second-order valence-electron chi connectivity index (χ2n) is 1.68. The normalized spacial score (nSPS) is 7.75. The average Bonchev–Trinajstić information content (AvgIpc) is 1.83. The van der Waals surface area contributed by atoms with Gasteiger partial charge in [-0.15, -0.1) is 0 Å². The van der Waals surface area contributed by atoms with Crippen molar-refractivity contribution in [2.45, 2.75) is 22.2 Å². The molecule has 0 rings (SSSR count). The van der Waals surface area contributed by atoms with E-state index in [1.807, 2.05) is 0 Å². The first-order valence-corrected chi connectivity index (χ1v) is 9.02. The van der Waals surface area contributed by atoms with Crippen molar-refractivity contribution >= 4 is 21.7 Å². The van der Waals surface area contributed by atoms with Gasteiger partial charge in [-0.25, -0.2) is 0 Å². The molecule has 0 heterocycles. The van der Waals surface area contributed by atoms with Crippen LogP contribution in [0.3, 0.4) is 0 Å². The fourth-order valence-corrected chi connectivity index (χ4v) is 3.52. The van der Waals surface area contributed by atoms with Crippen molar-refractivity contribution in [3.05, 3.63) is 10.4 Å². The van der Waals surface area contributed by atoms with Crippen LogP contribution in [-0.2, 0) is 0 Å². The zero-order valence-electron chi connectivity index (χ0n) is 5.33. The van der Waals surface area contributed by atoms with Crippen LogP contribution >= 0.6 is 0 Å². The van der Waals surface area contributed by atoms with E-state index < -0.39 is 21.7 Å². The van der Waals surface area contributed by atoms with E-state index in [0.29, 0.717) is 0 Å². The SMILES string of the molecule is C[CH2][In]([CH2]C)[N]=[N+]=[N-]. The third kappa shape index (κ3) is 3.22. The van der Waals surface area contributed by atoms with Crippen LogP contribution in [0.5, 0.6) is 0 Å². The van der Waals surface area contributed by atoms with E-state index in [-0.39, 0.29) is 0 Å². The summed E-state index contributed by atoms with van der Waals surface area (Å²) in [5.41, 5.74) is 8.01. The van der Waals surface area contributed by atoms with Crippen molar-refractivity contribution in [2.75, 3.05) is 0 Å². The van der Waals surface area contributed by atoms with Crippen LogP contribution in [0.2, 0.25) is 8.35 Å². The number of hydrogen-bond donors (Lipinski definition) is 0. The van der Waals surface area contributed by atoms with Gasteiger partial charge in [-0.1, -0.05) is 0 Å². The van der Waals surface area contributed by atoms with E-state index in [4.69, 9.17) is 5.53 Å². The Labute approximate surface area is 57.6 Å². The molecule has 0 aromatic carbocycles. The van der Waals surface area contributed by atoms with E-state index in [2.05, 4.69) is 21.9 Å². The van der Waals surface area contributed by atoms with Crippen LogP contribution in [0.15, 0.2) is 3.10 Å². The Kier molecular flexibility index (Phi) is 5.44. The van der Waals surface area contributed by atoms with E-state index in [1.54, 1.807) is 0 Å². The molecular weight excluding hydrogens is 205 g/mol. The molecule has 0 amide bonds. The predicted octanol–water partition coefficient (Wildman–Crippen LogP) is 2.33. The molecule has 0 unspecified atom stereocenters. The van der Waals surface area contributed by atoms with Gasteiger partial charge in [0.1, 0.15) is 0 Å². The molecule has 0 aromatic rings. The molecule has 0 atom stereocenters. The van der Waals surface area contributed by atoms with Crippen molar-refractivity contribution in [1.29, 1.82) is 0 Å². The Hall–Kier alpha value is 0.180. The monoisotopic (exact) mass is 215 g/mol. The van der Waals surface area contributed by atoms with Gasteiger partial charge >= 0.3 is 57.5 Å². The number of nitrogens with zero attached hydrogens (tertiary/aromatic N) is 3. The summed E-state index contributed by atoms with van der Waals surface area (Å²) in [6.07, 6.45) is 0. The summed E-state index contributed by atoms with van der Waals surface area (Å²) in [4.78, 5) is 2.80. The summed E-state index contributed by atoms with van der Waals surface area (Å²) in [5, 5.41) is 0. The summed E-state index contributed by atoms with van der Waals surface area (Å²) in [6, 6.07) is 0. The Morgan fingerprint density at radius 1 is 1.50 bits per heavy atom. The third-order valence-corrected chi connectivity index (χ3v) is 7.76. The van der Waals surface area contributed by atoms with Crippen molar-refractivity contribution in [2.24, 2.45) is 3.10 Å². The summed E-state index contributed by atoms with van der Waals surface area (Å²) >= 11 is -1.59. The molecule has 0 N–H and O–H groups in total. The minimum atomic E-state index is -1.59. The van der Waals surface area contributed by atoms with Crippen LogP contribution in [0.25, 0.3) is 10.4 Å². The zero-order chi connectivity index (χ0) is 6.41. The first kappa shape index (κ1) is 8.18. The Morgan fingerprint density at radius 2 is 2.00 bits per heavy atom. The topological polar surface area (TPSA) is 48.8 Å². The Bertz CT molecular complexity index is 93.5. The van der Waals surface area contributed by atoms with Gasteiger partial charge in [-0.2, -0.15) is 0 Å². The first-order chi connectivity index (χ1) is 3.85. The predicted molar refractivity (Wildman–Crippen MR) is 35.9 cm³/mol. The average molecular weight is 215 g/mol. The van der Waals surface area contributed by atoms with Crippen molar-refractivity contribution < 1.29 is 0 Å². The van der Waals surface area contributed by atoms with Gasteiger partial charge in [-0.05, 0) is 0 Å². The van der Waals surface area contributed by atoms with E-state index in [0.717, 1.165) is 8.35 Å². The Morgan fingerprint density at radius 3 is 2.12 bits per heavy atom. The zero-order valence-corrected chi connectivity index (χ0v) is 8.63. The molecule has 3 nitrogen and oxygen atoms in total. The van der Waals surface area contributed by atoms with Crippen LogP contribution in [-0.4, -0.2) is 21.7 Å². The molecule has 4 heteroatoms. The van der Waals surface area contributed by atoms with Gasteiger partial charge in [0.2, 0.25) is 0 Å². The van der Waals surface area contributed by atoms with Crippen molar-refractivity contribution in [3.63, 3.8) is 0 Å². The molecular formula is C4H10InN3. The number of azide groups is 1. The summed E-state index contributed by atoms with van der Waals surface area (Å²) in [5.74, 6) is 0. The molecule has 0 aliphatic heterocycles. The fourth-order valence-electron chi connectivity index (χ4n) is 0.525. The third-order valence-electron chi connectivity index (χ3n) is 1.16. The second kappa shape index (κ2) is 5.32. The van der Waals surface area contributed by atoms with Crippen LogP contribution in [0.1, 0.15) is 13.8 Å². The van der Waals surface area contributed by atoms with Gasteiger partial charge in [0.05, 0.1) is 0 Å². The molecule has 0 saturated carbocycles. The number of rotatable bonds is 3. The molecule has 0 aliphatic rings. The number of hydrogen-bond acceptors (Lipinski definition) is 1. The van der Waals surface area contributed by atoms with Gasteiger partial charge in [0.25, 0.3) is 0 Å². The van der Waals surface area contributed by atoms with Gasteiger partial charge in [0, 0.05) is 0 Å². The molecule has 0 saturated heterocycles. The molecule has 0 fully saturated rings. The summed E-state index contributed by atoms with van der Waals surface area (Å²) in [7, 11) is 0. The molecule has 8 heavy (non-hydrogen) atoms. The first-order valence-electron chi connectivity index (χ1n) is 2.89. The molecule has 0 aliphatic carbocycles. The van der Waals surface area contributed by atoms with Crippen molar-refractivity contribution in [3.8, 4) is 0 Å². The van der Waals surface area contributed by atoms with E-state index >= 15 is 0 Å². The van der Waals surface area contributed by atoms with Crippen molar-refractivity contribution in [1.82, 2.24) is 0 Å². The van der Waals surface area contributed by atoms with Gasteiger partial charge < -0.3 is 0 Å². The van der Waals surface area contributed by atoms with Gasteiger partial charge in [0.15, 0.2) is 0 Å². The van der Waals surface area contributed by atoms with Crippen LogP contribution in [0, 0.1) is 0 Å².